The van der Waals surface area contributed by atoms with Crippen LogP contribution in [0.3, 0.4) is 0 Å². The smallest absolute Gasteiger partial charge is 0.290 e. The summed E-state index contributed by atoms with van der Waals surface area (Å²) in [5, 5.41) is 9.84. The minimum Gasteiger partial charge on any atom is -0.483 e. The number of piperidine rings is 1. The largest absolute Gasteiger partial charge is 0.483 e. The average molecular weight is 405 g/mol. The number of likely N-dealkylation sites (tertiary alicyclic amines) is 1. The topological polar surface area (TPSA) is 99.2 Å². The van der Waals surface area contributed by atoms with Crippen LogP contribution in [-0.4, -0.2) is 79.1 Å². The van der Waals surface area contributed by atoms with Crippen molar-refractivity contribution in [1.82, 2.24) is 15.1 Å². The van der Waals surface area contributed by atoms with Gasteiger partial charge in [0.1, 0.15) is 6.04 Å². The zero-order valence-corrected chi connectivity index (χ0v) is 17.4. The van der Waals surface area contributed by atoms with Crippen molar-refractivity contribution in [2.45, 2.75) is 37.8 Å². The molecule has 160 valence electrons. The van der Waals surface area contributed by atoms with Crippen LogP contribution in [0.15, 0.2) is 24.3 Å². The van der Waals surface area contributed by atoms with Crippen LogP contribution in [0.25, 0.3) is 0 Å². The van der Waals surface area contributed by atoms with Gasteiger partial charge in [-0.2, -0.15) is 0 Å². The summed E-state index contributed by atoms with van der Waals surface area (Å²) < 4.78 is 6.01. The van der Waals surface area contributed by atoms with Gasteiger partial charge < -0.3 is 20.1 Å². The van der Waals surface area contributed by atoms with Crippen LogP contribution in [-0.2, 0) is 19.1 Å². The fourth-order valence-corrected chi connectivity index (χ4v) is 3.89. The normalized spacial score (nSPS) is 19.6. The zero-order valence-electron chi connectivity index (χ0n) is 17.4. The minimum atomic E-state index is -0.320. The lowest BCUT2D eigenvalue weighted by atomic mass is 9.90. The van der Waals surface area contributed by atoms with Gasteiger partial charge in [0.05, 0.1) is 12.2 Å². The number of carbonyl (C=O) groups is 3. The average Bonchev–Trinajstić information content (AvgIpc) is 2.85. The second-order valence-corrected chi connectivity index (χ2v) is 7.77. The Bertz CT molecular complexity index is 714. The van der Waals surface area contributed by atoms with Crippen LogP contribution in [0, 0.1) is 6.92 Å². The molecule has 0 bridgehead atoms. The molecule has 1 atom stereocenters. The number of carbonyl (C=O) groups excluding carboxylic acids is 2. The SMILES string of the molecule is Cc1cccc(C(C(=O)N2CCC3(CC2)CNC(=O)CCO3)N(C)C)c1.O=CO. The summed E-state index contributed by atoms with van der Waals surface area (Å²) in [7, 11) is 3.89. The molecule has 2 fully saturated rings. The van der Waals surface area contributed by atoms with Crippen LogP contribution >= 0.6 is 0 Å². The number of rotatable bonds is 3. The van der Waals surface area contributed by atoms with Crippen molar-refractivity contribution >= 4 is 18.3 Å². The second-order valence-electron chi connectivity index (χ2n) is 7.77. The van der Waals surface area contributed by atoms with Gasteiger partial charge in [0.2, 0.25) is 11.8 Å². The molecule has 1 aromatic carbocycles. The third-order valence-corrected chi connectivity index (χ3v) is 5.44. The Hall–Kier alpha value is -2.45. The standard InChI is InChI=1S/C20H29N3O3.CH2O2/c1-15-5-4-6-16(13-15)18(22(2)3)19(25)23-10-8-20(9-11-23)14-21-17(24)7-12-26-20;2-1-3/h4-6,13,18H,7-12,14H2,1-3H3,(H,21,24);1H,(H,2,3). The molecule has 0 aromatic heterocycles. The molecule has 0 aliphatic carbocycles. The number of nitrogens with zero attached hydrogens (tertiary/aromatic N) is 2. The van der Waals surface area contributed by atoms with Gasteiger partial charge in [-0.15, -0.1) is 0 Å². The first-order valence-electron chi connectivity index (χ1n) is 9.82. The first kappa shape index (κ1) is 22.8. The number of nitrogens with one attached hydrogen (secondary N) is 1. The lowest BCUT2D eigenvalue weighted by Gasteiger charge is -2.42. The number of aryl methyl sites for hydroxylation is 1. The van der Waals surface area contributed by atoms with Crippen LogP contribution in [0.1, 0.15) is 36.4 Å². The first-order chi connectivity index (χ1) is 13.8. The van der Waals surface area contributed by atoms with E-state index < -0.39 is 0 Å². The fraction of sp³-hybridized carbons (Fsp3) is 0.571. The third kappa shape index (κ3) is 6.01. The molecular formula is C21H31N3O5. The summed E-state index contributed by atoms with van der Waals surface area (Å²) >= 11 is 0. The monoisotopic (exact) mass is 405 g/mol. The van der Waals surface area contributed by atoms with Crippen LogP contribution < -0.4 is 5.32 Å². The van der Waals surface area contributed by atoms with Gasteiger partial charge in [-0.25, -0.2) is 0 Å². The highest BCUT2D eigenvalue weighted by Gasteiger charge is 2.40. The summed E-state index contributed by atoms with van der Waals surface area (Å²) in [5.74, 6) is 0.181. The lowest BCUT2D eigenvalue weighted by molar-refractivity contribution is -0.142. The number of hydrogen-bond donors (Lipinski definition) is 2. The third-order valence-electron chi connectivity index (χ3n) is 5.44. The van der Waals surface area contributed by atoms with Gasteiger partial charge in [0.25, 0.3) is 6.47 Å². The van der Waals surface area contributed by atoms with Gasteiger partial charge in [0, 0.05) is 26.1 Å². The fourth-order valence-electron chi connectivity index (χ4n) is 3.89. The predicted octanol–water partition coefficient (Wildman–Crippen LogP) is 1.20. The molecule has 29 heavy (non-hydrogen) atoms. The maximum Gasteiger partial charge on any atom is 0.290 e. The molecule has 1 unspecified atom stereocenters. The second kappa shape index (κ2) is 10.4. The number of carboxylic acid groups (broad SMARTS) is 1. The Morgan fingerprint density at radius 2 is 2.00 bits per heavy atom. The first-order valence-corrected chi connectivity index (χ1v) is 9.82. The molecule has 2 amide bonds. The summed E-state index contributed by atoms with van der Waals surface area (Å²) in [4.78, 5) is 37.1. The van der Waals surface area contributed by atoms with Crippen molar-refractivity contribution in [2.75, 3.05) is 40.3 Å². The van der Waals surface area contributed by atoms with Crippen molar-refractivity contribution in [1.29, 1.82) is 0 Å². The molecule has 2 aliphatic rings. The molecule has 1 spiro atoms. The molecule has 8 nitrogen and oxygen atoms in total. The lowest BCUT2D eigenvalue weighted by Crippen LogP contribution is -2.53. The highest BCUT2D eigenvalue weighted by Crippen LogP contribution is 2.30. The van der Waals surface area contributed by atoms with Gasteiger partial charge in [-0.1, -0.05) is 29.8 Å². The molecule has 3 rings (SSSR count). The molecule has 2 N–H and O–H groups in total. The van der Waals surface area contributed by atoms with Crippen molar-refractivity contribution in [3.8, 4) is 0 Å². The number of benzene rings is 1. The Labute approximate surface area is 171 Å². The highest BCUT2D eigenvalue weighted by atomic mass is 16.5. The Morgan fingerprint density at radius 3 is 2.59 bits per heavy atom. The van der Waals surface area contributed by atoms with Crippen molar-refractivity contribution in [2.24, 2.45) is 0 Å². The summed E-state index contributed by atoms with van der Waals surface area (Å²) in [6.07, 6.45) is 1.93. The van der Waals surface area contributed by atoms with Crippen molar-refractivity contribution in [3.63, 3.8) is 0 Å². The Morgan fingerprint density at radius 1 is 1.34 bits per heavy atom. The number of likely N-dealkylation sites (N-methyl/N-ethyl adjacent to an activating group) is 1. The minimum absolute atomic E-state index is 0.0486. The summed E-state index contributed by atoms with van der Waals surface area (Å²) in [6.45, 7) is 4.12. The van der Waals surface area contributed by atoms with E-state index in [1.165, 1.54) is 0 Å². The van der Waals surface area contributed by atoms with Crippen molar-refractivity contribution < 1.29 is 24.2 Å². The van der Waals surface area contributed by atoms with E-state index in [-0.39, 0.29) is 29.9 Å². The van der Waals surface area contributed by atoms with Crippen LogP contribution in [0.5, 0.6) is 0 Å². The van der Waals surface area contributed by atoms with Gasteiger partial charge in [-0.3, -0.25) is 19.3 Å². The van der Waals surface area contributed by atoms with E-state index >= 15 is 0 Å². The van der Waals surface area contributed by atoms with E-state index in [9.17, 15) is 9.59 Å². The van der Waals surface area contributed by atoms with Gasteiger partial charge in [-0.05, 0) is 39.4 Å². The van der Waals surface area contributed by atoms with Crippen LogP contribution in [0.4, 0.5) is 0 Å². The zero-order chi connectivity index (χ0) is 21.4. The highest BCUT2D eigenvalue weighted by molar-refractivity contribution is 5.83. The van der Waals surface area contributed by atoms with E-state index in [4.69, 9.17) is 14.6 Å². The molecule has 1 aromatic rings. The van der Waals surface area contributed by atoms with E-state index in [0.29, 0.717) is 32.7 Å². The van der Waals surface area contributed by atoms with E-state index in [1.807, 2.05) is 49.0 Å². The van der Waals surface area contributed by atoms with E-state index in [2.05, 4.69) is 11.4 Å². The number of hydrogen-bond acceptors (Lipinski definition) is 5. The van der Waals surface area contributed by atoms with Gasteiger partial charge >= 0.3 is 0 Å². The summed E-state index contributed by atoms with van der Waals surface area (Å²) in [6, 6.07) is 7.87. The van der Waals surface area contributed by atoms with Crippen molar-refractivity contribution in [3.05, 3.63) is 35.4 Å². The molecule has 2 saturated heterocycles. The van der Waals surface area contributed by atoms with E-state index in [0.717, 1.165) is 24.0 Å². The maximum absolute atomic E-state index is 13.2. The van der Waals surface area contributed by atoms with E-state index in [1.54, 1.807) is 0 Å². The molecule has 0 radical (unpaired) electrons. The molecule has 0 saturated carbocycles. The molecular weight excluding hydrogens is 374 g/mol. The quantitative estimate of drug-likeness (QED) is 0.733. The molecule has 2 heterocycles. The Kier molecular flexibility index (Phi) is 8.16. The predicted molar refractivity (Wildman–Crippen MR) is 108 cm³/mol. The number of ether oxygens (including phenoxy) is 1. The van der Waals surface area contributed by atoms with Gasteiger partial charge in [0.15, 0.2) is 0 Å². The summed E-state index contributed by atoms with van der Waals surface area (Å²) in [5.41, 5.74) is 1.86. The molecule has 8 heteroatoms. The van der Waals surface area contributed by atoms with Crippen LogP contribution in [0.2, 0.25) is 0 Å². The maximum atomic E-state index is 13.2. The Balaban J connectivity index is 0.000000941. The number of amides is 2. The molecule has 2 aliphatic heterocycles.